The molecule has 6 aromatic rings. The summed E-state index contributed by atoms with van der Waals surface area (Å²) in [7, 11) is 2.14. The summed E-state index contributed by atoms with van der Waals surface area (Å²) in [6.07, 6.45) is 3.12. The van der Waals surface area contributed by atoms with Crippen LogP contribution in [0, 0.1) is 0 Å². The van der Waals surface area contributed by atoms with Gasteiger partial charge in [-0.2, -0.15) is 9.50 Å². The average Bonchev–Trinajstić information content (AvgIpc) is 3.30. The smallest absolute Gasteiger partial charge is 0.284 e. The van der Waals surface area contributed by atoms with E-state index in [2.05, 4.69) is 49.2 Å². The third-order valence-electron chi connectivity index (χ3n) is 7.13. The van der Waals surface area contributed by atoms with Gasteiger partial charge in [0.15, 0.2) is 17.1 Å². The number of anilines is 3. The minimum atomic E-state index is -0.362. The molecule has 0 aliphatic carbocycles. The highest BCUT2D eigenvalue weighted by Gasteiger charge is 2.21. The van der Waals surface area contributed by atoms with Gasteiger partial charge in [-0.25, -0.2) is 19.6 Å². The molecule has 0 radical (unpaired) electrons. The van der Waals surface area contributed by atoms with E-state index in [1.165, 1.54) is 16.4 Å². The Morgan fingerprint density at radius 1 is 0.897 bits per heavy atom. The SMILES string of the molecule is CN1CCN(c2ccc(Nc3ncc4c(=O)n5c(nc4n3)c3c(O)cccc3n5-c3ccccn3)cc2)CC1. The minimum absolute atomic E-state index is 0.0128. The van der Waals surface area contributed by atoms with Crippen molar-refractivity contribution in [3.63, 3.8) is 0 Å². The van der Waals surface area contributed by atoms with Crippen LogP contribution in [0.25, 0.3) is 33.4 Å². The summed E-state index contributed by atoms with van der Waals surface area (Å²) in [5.41, 5.74) is 2.76. The number of pyridine rings is 1. The first-order valence-corrected chi connectivity index (χ1v) is 12.7. The summed E-state index contributed by atoms with van der Waals surface area (Å²) in [6.45, 7) is 4.09. The average molecular weight is 520 g/mol. The van der Waals surface area contributed by atoms with Crippen molar-refractivity contribution in [3.05, 3.63) is 83.4 Å². The van der Waals surface area contributed by atoms with E-state index in [1.807, 2.05) is 24.3 Å². The number of piperazine rings is 1. The molecule has 0 amide bonds. The lowest BCUT2D eigenvalue weighted by molar-refractivity contribution is 0.313. The van der Waals surface area contributed by atoms with E-state index >= 15 is 0 Å². The molecule has 1 fully saturated rings. The Labute approximate surface area is 222 Å². The van der Waals surface area contributed by atoms with Crippen molar-refractivity contribution in [1.82, 2.24) is 34.0 Å². The molecular weight excluding hydrogens is 494 g/mol. The first-order chi connectivity index (χ1) is 19.1. The van der Waals surface area contributed by atoms with Crippen molar-refractivity contribution in [2.24, 2.45) is 0 Å². The Bertz CT molecular complexity index is 1890. The maximum absolute atomic E-state index is 13.7. The monoisotopic (exact) mass is 519 g/mol. The van der Waals surface area contributed by atoms with Gasteiger partial charge in [0.05, 0.1) is 10.9 Å². The van der Waals surface area contributed by atoms with E-state index in [1.54, 1.807) is 35.1 Å². The number of benzene rings is 2. The van der Waals surface area contributed by atoms with Crippen molar-refractivity contribution in [2.75, 3.05) is 43.4 Å². The summed E-state index contributed by atoms with van der Waals surface area (Å²) >= 11 is 0. The van der Waals surface area contributed by atoms with Gasteiger partial charge in [0.2, 0.25) is 5.95 Å². The number of nitrogens with one attached hydrogen (secondary N) is 1. The summed E-state index contributed by atoms with van der Waals surface area (Å²) in [6, 6.07) is 18.7. The highest BCUT2D eigenvalue weighted by atomic mass is 16.3. The topological polar surface area (TPSA) is 117 Å². The lowest BCUT2D eigenvalue weighted by Crippen LogP contribution is -2.44. The molecule has 7 rings (SSSR count). The molecule has 1 aliphatic rings. The zero-order valence-corrected chi connectivity index (χ0v) is 21.2. The van der Waals surface area contributed by atoms with E-state index in [-0.39, 0.29) is 28.0 Å². The first kappa shape index (κ1) is 23.1. The van der Waals surface area contributed by atoms with Crippen molar-refractivity contribution in [3.8, 4) is 11.6 Å². The molecule has 0 saturated carbocycles. The van der Waals surface area contributed by atoms with Crippen LogP contribution in [0.4, 0.5) is 17.3 Å². The fourth-order valence-electron chi connectivity index (χ4n) is 5.07. The number of rotatable bonds is 4. The van der Waals surface area contributed by atoms with Crippen LogP contribution in [0.1, 0.15) is 0 Å². The second-order valence-electron chi connectivity index (χ2n) is 9.62. The van der Waals surface area contributed by atoms with Gasteiger partial charge in [0, 0.05) is 49.9 Å². The number of phenols is 1. The molecule has 0 unspecified atom stereocenters. The van der Waals surface area contributed by atoms with Crippen molar-refractivity contribution in [2.45, 2.75) is 0 Å². The third-order valence-corrected chi connectivity index (χ3v) is 7.13. The number of hydrogen-bond donors (Lipinski definition) is 2. The highest BCUT2D eigenvalue weighted by molar-refractivity contribution is 5.99. The minimum Gasteiger partial charge on any atom is -0.507 e. The third kappa shape index (κ3) is 3.91. The predicted molar refractivity (Wildman–Crippen MR) is 150 cm³/mol. The molecule has 1 aliphatic heterocycles. The van der Waals surface area contributed by atoms with Crippen LogP contribution in [0.3, 0.4) is 0 Å². The van der Waals surface area contributed by atoms with Crippen molar-refractivity contribution >= 4 is 44.9 Å². The van der Waals surface area contributed by atoms with Crippen LogP contribution in [0.5, 0.6) is 5.75 Å². The number of aromatic hydroxyl groups is 1. The molecule has 11 heteroatoms. The van der Waals surface area contributed by atoms with E-state index in [9.17, 15) is 9.90 Å². The second-order valence-corrected chi connectivity index (χ2v) is 9.62. The summed E-state index contributed by atoms with van der Waals surface area (Å²) in [4.78, 5) is 36.5. The van der Waals surface area contributed by atoms with E-state index in [0.717, 1.165) is 31.9 Å². The Kier molecular flexibility index (Phi) is 5.37. The lowest BCUT2D eigenvalue weighted by Gasteiger charge is -2.34. The van der Waals surface area contributed by atoms with Crippen molar-refractivity contribution in [1.29, 1.82) is 0 Å². The van der Waals surface area contributed by atoms with Crippen LogP contribution >= 0.6 is 0 Å². The van der Waals surface area contributed by atoms with Crippen LogP contribution in [-0.2, 0) is 0 Å². The fraction of sp³-hybridized carbons (Fsp3) is 0.179. The molecule has 0 spiro atoms. The normalized spacial score (nSPS) is 14.4. The summed E-state index contributed by atoms with van der Waals surface area (Å²) in [5.74, 6) is 0.855. The van der Waals surface area contributed by atoms with Gasteiger partial charge in [-0.1, -0.05) is 12.1 Å². The molecule has 4 aromatic heterocycles. The molecule has 1 saturated heterocycles. The van der Waals surface area contributed by atoms with E-state index in [4.69, 9.17) is 4.98 Å². The van der Waals surface area contributed by atoms with Crippen LogP contribution in [0.2, 0.25) is 0 Å². The van der Waals surface area contributed by atoms with Gasteiger partial charge in [-0.05, 0) is 55.6 Å². The van der Waals surface area contributed by atoms with E-state index < -0.39 is 0 Å². The largest absolute Gasteiger partial charge is 0.507 e. The van der Waals surface area contributed by atoms with Gasteiger partial charge in [0.25, 0.3) is 5.56 Å². The number of fused-ring (bicyclic) bond motifs is 4. The quantitative estimate of drug-likeness (QED) is 0.362. The Morgan fingerprint density at radius 2 is 1.72 bits per heavy atom. The maximum Gasteiger partial charge on any atom is 0.284 e. The standard InChI is InChI=1S/C28H25N9O2/c1-34-13-15-35(16-14-34)19-10-8-18(9-11-19)31-28-30-17-20-25(33-28)32-26-24-21(5-4-6-22(24)38)36(37(26)27(20)39)23-7-2-3-12-29-23/h2-12,17,38H,13-16H2,1H3,(H,30,31,33). The molecular formula is C28H25N9O2. The molecule has 2 aromatic carbocycles. The second kappa shape index (κ2) is 9.07. The molecule has 194 valence electrons. The molecule has 0 bridgehead atoms. The molecule has 39 heavy (non-hydrogen) atoms. The highest BCUT2D eigenvalue weighted by Crippen LogP contribution is 2.31. The van der Waals surface area contributed by atoms with Crippen molar-refractivity contribution < 1.29 is 5.11 Å². The molecule has 11 nitrogen and oxygen atoms in total. The summed E-state index contributed by atoms with van der Waals surface area (Å²) < 4.78 is 3.05. The molecule has 2 N–H and O–H groups in total. The maximum atomic E-state index is 13.7. The first-order valence-electron chi connectivity index (χ1n) is 12.7. The lowest BCUT2D eigenvalue weighted by atomic mass is 10.2. The van der Waals surface area contributed by atoms with Gasteiger partial charge >= 0.3 is 0 Å². The van der Waals surface area contributed by atoms with Crippen LogP contribution in [-0.4, -0.2) is 72.4 Å². The molecule has 0 atom stereocenters. The van der Waals surface area contributed by atoms with Gasteiger partial charge in [0.1, 0.15) is 11.1 Å². The van der Waals surface area contributed by atoms with Gasteiger partial charge in [-0.15, -0.1) is 0 Å². The zero-order valence-electron chi connectivity index (χ0n) is 21.2. The Morgan fingerprint density at radius 3 is 2.49 bits per heavy atom. The Hall–Kier alpha value is -5.03. The van der Waals surface area contributed by atoms with Gasteiger partial charge in [-0.3, -0.25) is 4.79 Å². The van der Waals surface area contributed by atoms with Crippen LogP contribution in [0.15, 0.2) is 77.9 Å². The number of phenolic OH excluding ortho intramolecular Hbond substituents is 1. The fourth-order valence-corrected chi connectivity index (χ4v) is 5.07. The van der Waals surface area contributed by atoms with E-state index in [0.29, 0.717) is 22.7 Å². The summed E-state index contributed by atoms with van der Waals surface area (Å²) in [5, 5.41) is 14.6. The number of aromatic nitrogens is 6. The number of likely N-dealkylation sites (N-methyl/N-ethyl adjacent to an activating group) is 1. The number of nitrogens with zero attached hydrogens (tertiary/aromatic N) is 8. The molecule has 5 heterocycles. The van der Waals surface area contributed by atoms with Crippen LogP contribution < -0.4 is 15.8 Å². The predicted octanol–water partition coefficient (Wildman–Crippen LogP) is 3.18. The zero-order chi connectivity index (χ0) is 26.5. The Balaban J connectivity index is 1.30. The van der Waals surface area contributed by atoms with Gasteiger partial charge < -0.3 is 20.2 Å². The number of hydrogen-bond acceptors (Lipinski definition) is 9.